The molecule has 1 unspecified atom stereocenters. The van der Waals surface area contributed by atoms with Gasteiger partial charge >= 0.3 is 0 Å². The van der Waals surface area contributed by atoms with Crippen LogP contribution in [0.4, 0.5) is 0 Å². The summed E-state index contributed by atoms with van der Waals surface area (Å²) in [6, 6.07) is 3.66. The molecule has 1 aromatic rings. The van der Waals surface area contributed by atoms with Crippen LogP contribution >= 0.6 is 23.1 Å². The molecule has 1 rings (SSSR count). The normalized spacial score (nSPS) is 12.3. The zero-order valence-electron chi connectivity index (χ0n) is 10.5. The van der Waals surface area contributed by atoms with Crippen LogP contribution in [0.25, 0.3) is 0 Å². The quantitative estimate of drug-likeness (QED) is 0.286. The summed E-state index contributed by atoms with van der Waals surface area (Å²) < 4.78 is 5.39. The van der Waals surface area contributed by atoms with Gasteiger partial charge in [0.25, 0.3) is 0 Å². The Morgan fingerprint density at radius 2 is 2.44 bits per heavy atom. The van der Waals surface area contributed by atoms with Gasteiger partial charge in [-0.1, -0.05) is 19.4 Å². The maximum Gasteiger partial charge on any atom is 0.175 e. The molecule has 5 heteroatoms. The van der Waals surface area contributed by atoms with E-state index in [1.54, 1.807) is 6.07 Å². The van der Waals surface area contributed by atoms with E-state index in [9.17, 15) is 9.59 Å². The fourth-order valence-electron chi connectivity index (χ4n) is 1.30. The van der Waals surface area contributed by atoms with Gasteiger partial charge in [0, 0.05) is 6.42 Å². The van der Waals surface area contributed by atoms with Crippen molar-refractivity contribution in [3.63, 3.8) is 0 Å². The molecule has 0 radical (unpaired) electrons. The van der Waals surface area contributed by atoms with E-state index in [-0.39, 0.29) is 5.78 Å². The fourth-order valence-corrected chi connectivity index (χ4v) is 2.95. The topological polar surface area (TPSA) is 43.4 Å². The molecule has 1 aromatic heterocycles. The van der Waals surface area contributed by atoms with Gasteiger partial charge in [-0.25, -0.2) is 0 Å². The maximum absolute atomic E-state index is 11.7. The molecule has 100 valence electrons. The summed E-state index contributed by atoms with van der Waals surface area (Å²) in [6.07, 6.45) is 3.32. The standard InChI is InChI=1S/C13H18O3S2/c1-2-3-8-18-13(10-14)16-7-6-11(15)12-5-4-9-17-12/h4-5,9-10,13H,2-3,6-8H2,1H3. The van der Waals surface area contributed by atoms with Crippen LogP contribution in [0, 0.1) is 0 Å². The van der Waals surface area contributed by atoms with Gasteiger partial charge in [0.1, 0.15) is 0 Å². The molecule has 18 heavy (non-hydrogen) atoms. The van der Waals surface area contributed by atoms with Gasteiger partial charge in [0.05, 0.1) is 11.5 Å². The summed E-state index contributed by atoms with van der Waals surface area (Å²) >= 11 is 2.93. The molecule has 0 saturated carbocycles. The summed E-state index contributed by atoms with van der Waals surface area (Å²) in [7, 11) is 0. The number of aldehydes is 1. The average Bonchev–Trinajstić information content (AvgIpc) is 2.91. The van der Waals surface area contributed by atoms with Crippen molar-refractivity contribution in [3.05, 3.63) is 22.4 Å². The van der Waals surface area contributed by atoms with Crippen LogP contribution in [-0.4, -0.2) is 29.9 Å². The molecule has 0 bridgehead atoms. The van der Waals surface area contributed by atoms with E-state index in [1.165, 1.54) is 23.1 Å². The molecule has 1 atom stereocenters. The van der Waals surface area contributed by atoms with Crippen LogP contribution in [0.1, 0.15) is 35.9 Å². The number of hydrogen-bond donors (Lipinski definition) is 0. The van der Waals surface area contributed by atoms with Gasteiger partial charge in [-0.3, -0.25) is 9.59 Å². The van der Waals surface area contributed by atoms with Crippen molar-refractivity contribution in [1.82, 2.24) is 0 Å². The molecule has 0 saturated heterocycles. The van der Waals surface area contributed by atoms with Gasteiger partial charge in [0.15, 0.2) is 17.5 Å². The first kappa shape index (κ1) is 15.4. The molecule has 0 aromatic carbocycles. The van der Waals surface area contributed by atoms with Gasteiger partial charge in [-0.2, -0.15) is 0 Å². The van der Waals surface area contributed by atoms with E-state index in [0.717, 1.165) is 29.8 Å². The first-order valence-corrected chi connectivity index (χ1v) is 7.96. The SMILES string of the molecule is CCCCSC(C=O)OCCC(=O)c1cccs1. The summed E-state index contributed by atoms with van der Waals surface area (Å²) in [6.45, 7) is 2.41. The summed E-state index contributed by atoms with van der Waals surface area (Å²) in [5.41, 5.74) is -0.437. The minimum Gasteiger partial charge on any atom is -0.360 e. The van der Waals surface area contributed by atoms with E-state index < -0.39 is 5.44 Å². The Morgan fingerprint density at radius 1 is 1.61 bits per heavy atom. The predicted octanol–water partition coefficient (Wildman–Crippen LogP) is 3.40. The second-order valence-corrected chi connectivity index (χ2v) is 5.90. The van der Waals surface area contributed by atoms with Gasteiger partial charge < -0.3 is 4.74 Å². The average molecular weight is 286 g/mol. The van der Waals surface area contributed by atoms with E-state index in [4.69, 9.17) is 4.74 Å². The molecule has 0 N–H and O–H groups in total. The minimum absolute atomic E-state index is 0.0770. The predicted molar refractivity (Wildman–Crippen MR) is 76.4 cm³/mol. The first-order valence-electron chi connectivity index (χ1n) is 6.03. The zero-order valence-corrected chi connectivity index (χ0v) is 12.1. The van der Waals surface area contributed by atoms with E-state index >= 15 is 0 Å². The number of thiophene rings is 1. The largest absolute Gasteiger partial charge is 0.360 e. The highest BCUT2D eigenvalue weighted by Crippen LogP contribution is 2.15. The van der Waals surface area contributed by atoms with Crippen LogP contribution in [0.3, 0.4) is 0 Å². The lowest BCUT2D eigenvalue weighted by atomic mass is 10.2. The number of rotatable bonds is 10. The van der Waals surface area contributed by atoms with E-state index in [0.29, 0.717) is 13.0 Å². The van der Waals surface area contributed by atoms with Crippen molar-refractivity contribution in [1.29, 1.82) is 0 Å². The van der Waals surface area contributed by atoms with Gasteiger partial charge in [-0.15, -0.1) is 23.1 Å². The summed E-state index contributed by atoms with van der Waals surface area (Å²) in [5, 5.41) is 1.88. The highest BCUT2D eigenvalue weighted by molar-refractivity contribution is 8.00. The number of hydrogen-bond acceptors (Lipinski definition) is 5. The number of unbranched alkanes of at least 4 members (excludes halogenated alkanes) is 1. The Bertz CT molecular complexity index is 349. The van der Waals surface area contributed by atoms with E-state index in [2.05, 4.69) is 6.92 Å². The number of Topliss-reactive ketones (excluding diaryl/α,β-unsaturated/α-hetero) is 1. The Balaban J connectivity index is 2.18. The van der Waals surface area contributed by atoms with Crippen molar-refractivity contribution in [2.45, 2.75) is 31.6 Å². The fraction of sp³-hybridized carbons (Fsp3) is 0.538. The van der Waals surface area contributed by atoms with Crippen molar-refractivity contribution in [3.8, 4) is 0 Å². The molecule has 0 fully saturated rings. The Kier molecular flexibility index (Phi) is 7.96. The van der Waals surface area contributed by atoms with E-state index in [1.807, 2.05) is 11.4 Å². The molecular formula is C13H18O3S2. The van der Waals surface area contributed by atoms with Crippen LogP contribution in [0.2, 0.25) is 0 Å². The summed E-state index contributed by atoms with van der Waals surface area (Å²) in [4.78, 5) is 23.2. The Hall–Kier alpha value is -0.650. The van der Waals surface area contributed by atoms with Crippen molar-refractivity contribution >= 4 is 35.2 Å². The lowest BCUT2D eigenvalue weighted by Gasteiger charge is -2.10. The second kappa shape index (κ2) is 9.30. The molecule has 0 aliphatic carbocycles. The van der Waals surface area contributed by atoms with Gasteiger partial charge in [0.2, 0.25) is 0 Å². The maximum atomic E-state index is 11.7. The zero-order chi connectivity index (χ0) is 13.2. The molecule has 0 aliphatic rings. The first-order chi connectivity index (χ1) is 8.77. The number of ketones is 1. The molecule has 0 aliphatic heterocycles. The van der Waals surface area contributed by atoms with Gasteiger partial charge in [-0.05, 0) is 23.6 Å². The number of carbonyl (C=O) groups excluding carboxylic acids is 2. The second-order valence-electron chi connectivity index (χ2n) is 3.75. The third kappa shape index (κ3) is 5.80. The molecule has 3 nitrogen and oxygen atoms in total. The summed E-state index contributed by atoms with van der Waals surface area (Å²) in [5.74, 6) is 0.992. The highest BCUT2D eigenvalue weighted by atomic mass is 32.2. The number of thioether (sulfide) groups is 1. The monoisotopic (exact) mass is 286 g/mol. The van der Waals surface area contributed by atoms with Crippen LogP contribution in [-0.2, 0) is 9.53 Å². The number of ether oxygens (including phenoxy) is 1. The highest BCUT2D eigenvalue weighted by Gasteiger charge is 2.10. The van der Waals surface area contributed by atoms with Crippen LogP contribution < -0.4 is 0 Å². The Morgan fingerprint density at radius 3 is 3.06 bits per heavy atom. The van der Waals surface area contributed by atoms with Crippen LogP contribution in [0.15, 0.2) is 17.5 Å². The third-order valence-corrected chi connectivity index (χ3v) is 4.31. The number of carbonyl (C=O) groups is 2. The molecule has 0 spiro atoms. The smallest absolute Gasteiger partial charge is 0.175 e. The molecular weight excluding hydrogens is 268 g/mol. The minimum atomic E-state index is -0.437. The lowest BCUT2D eigenvalue weighted by molar-refractivity contribution is -0.113. The van der Waals surface area contributed by atoms with Crippen molar-refractivity contribution < 1.29 is 14.3 Å². The Labute approximate surface area is 116 Å². The lowest BCUT2D eigenvalue weighted by Crippen LogP contribution is -2.14. The molecule has 1 heterocycles. The molecule has 0 amide bonds. The van der Waals surface area contributed by atoms with Crippen molar-refractivity contribution in [2.75, 3.05) is 12.4 Å². The van der Waals surface area contributed by atoms with Crippen molar-refractivity contribution in [2.24, 2.45) is 0 Å². The van der Waals surface area contributed by atoms with Crippen LogP contribution in [0.5, 0.6) is 0 Å². The third-order valence-electron chi connectivity index (χ3n) is 2.30.